The Balaban J connectivity index is 1.30. The van der Waals surface area contributed by atoms with Gasteiger partial charge in [-0.25, -0.2) is 0 Å². The quantitative estimate of drug-likeness (QED) is 0.434. The highest BCUT2D eigenvalue weighted by atomic mass is 16.5. The Morgan fingerprint density at radius 3 is 2.33 bits per heavy atom. The molecule has 176 valence electrons. The number of Topliss-reactive ketones (excluding diaryl/α,β-unsaturated/α-hetero) is 1. The number of carbonyl (C=O) groups excluding carboxylic acids is 3. The Labute approximate surface area is 196 Å². The maximum absolute atomic E-state index is 12.5. The highest BCUT2D eigenvalue weighted by Gasteiger charge is 2.24. The maximum atomic E-state index is 12.5. The zero-order chi connectivity index (χ0) is 23.6. The molecule has 1 aliphatic heterocycles. The summed E-state index contributed by atoms with van der Waals surface area (Å²) in [6, 6.07) is 15.4. The number of hydrogen-bond donors (Lipinski definition) is 1. The van der Waals surface area contributed by atoms with Gasteiger partial charge in [0.05, 0.1) is 6.61 Å². The van der Waals surface area contributed by atoms with Gasteiger partial charge in [-0.05, 0) is 44.7 Å². The summed E-state index contributed by atoms with van der Waals surface area (Å²) in [4.78, 5) is 38.9. The normalized spacial score (nSPS) is 14.1. The number of nitrogens with one attached hydrogen (secondary N) is 1. The van der Waals surface area contributed by atoms with Gasteiger partial charge in [0.2, 0.25) is 11.8 Å². The number of hydrogen-bond acceptors (Lipinski definition) is 4. The summed E-state index contributed by atoms with van der Waals surface area (Å²) in [6.07, 6.45) is 3.01. The van der Waals surface area contributed by atoms with Crippen molar-refractivity contribution in [1.82, 2.24) is 10.2 Å². The summed E-state index contributed by atoms with van der Waals surface area (Å²) in [6.45, 7) is 5.70. The van der Waals surface area contributed by atoms with E-state index in [1.54, 1.807) is 4.90 Å². The number of benzene rings is 2. The highest BCUT2D eigenvalue weighted by Crippen LogP contribution is 2.17. The molecule has 0 spiro atoms. The number of rotatable bonds is 10. The number of para-hydroxylation sites is 1. The molecule has 1 N–H and O–H groups in total. The first-order chi connectivity index (χ1) is 15.9. The lowest BCUT2D eigenvalue weighted by Crippen LogP contribution is -2.46. The van der Waals surface area contributed by atoms with Crippen LogP contribution >= 0.6 is 0 Å². The molecule has 2 amide bonds. The molecule has 0 saturated carbocycles. The molecule has 0 aromatic heterocycles. The highest BCUT2D eigenvalue weighted by molar-refractivity contribution is 5.98. The largest absolute Gasteiger partial charge is 0.493 e. The number of amides is 2. The van der Waals surface area contributed by atoms with Crippen molar-refractivity contribution in [1.29, 1.82) is 0 Å². The number of ether oxygens (including phenoxy) is 1. The van der Waals surface area contributed by atoms with Crippen molar-refractivity contribution >= 4 is 17.6 Å². The lowest BCUT2D eigenvalue weighted by molar-refractivity contribution is -0.132. The molecule has 0 aliphatic carbocycles. The van der Waals surface area contributed by atoms with Crippen LogP contribution in [0.1, 0.15) is 60.0 Å². The summed E-state index contributed by atoms with van der Waals surface area (Å²) in [5.41, 5.74) is 2.84. The van der Waals surface area contributed by atoms with Crippen molar-refractivity contribution < 1.29 is 19.1 Å². The first-order valence-electron chi connectivity index (χ1n) is 11.8. The predicted molar refractivity (Wildman–Crippen MR) is 128 cm³/mol. The zero-order valence-corrected chi connectivity index (χ0v) is 19.6. The molecule has 1 saturated heterocycles. The van der Waals surface area contributed by atoms with Crippen molar-refractivity contribution in [3.05, 3.63) is 65.2 Å². The van der Waals surface area contributed by atoms with E-state index in [0.717, 1.165) is 29.7 Å². The van der Waals surface area contributed by atoms with Gasteiger partial charge in [0.25, 0.3) is 0 Å². The van der Waals surface area contributed by atoms with E-state index in [4.69, 9.17) is 4.74 Å². The van der Waals surface area contributed by atoms with Crippen LogP contribution in [0.15, 0.2) is 48.5 Å². The Morgan fingerprint density at radius 1 is 0.939 bits per heavy atom. The Morgan fingerprint density at radius 2 is 1.64 bits per heavy atom. The molecule has 3 rings (SSSR count). The monoisotopic (exact) mass is 450 g/mol. The first kappa shape index (κ1) is 24.5. The van der Waals surface area contributed by atoms with Gasteiger partial charge in [0.1, 0.15) is 5.75 Å². The van der Waals surface area contributed by atoms with Gasteiger partial charge in [-0.2, -0.15) is 0 Å². The number of nitrogens with zero attached hydrogens (tertiary/aromatic N) is 1. The van der Waals surface area contributed by atoms with Gasteiger partial charge in [-0.3, -0.25) is 14.4 Å². The van der Waals surface area contributed by atoms with E-state index < -0.39 is 0 Å². The third-order valence-corrected chi connectivity index (χ3v) is 6.05. The Kier molecular flexibility index (Phi) is 9.04. The molecule has 1 heterocycles. The van der Waals surface area contributed by atoms with Gasteiger partial charge < -0.3 is 15.0 Å². The van der Waals surface area contributed by atoms with Gasteiger partial charge in [0.15, 0.2) is 5.78 Å². The fraction of sp³-hybridized carbons (Fsp3) is 0.444. The van der Waals surface area contributed by atoms with Crippen LogP contribution in [0.5, 0.6) is 5.75 Å². The molecule has 1 aliphatic rings. The lowest BCUT2D eigenvalue weighted by Gasteiger charge is -2.32. The Bertz CT molecular complexity index is 947. The second kappa shape index (κ2) is 12.2. The number of likely N-dealkylation sites (tertiary alicyclic amines) is 1. The fourth-order valence-electron chi connectivity index (χ4n) is 3.97. The third kappa shape index (κ3) is 7.74. The molecule has 0 atom stereocenters. The molecule has 1 fully saturated rings. The van der Waals surface area contributed by atoms with Gasteiger partial charge in [-0.1, -0.05) is 48.0 Å². The van der Waals surface area contributed by atoms with Crippen LogP contribution in [0.4, 0.5) is 0 Å². The predicted octanol–water partition coefficient (Wildman–Crippen LogP) is 4.23. The molecule has 2 aromatic carbocycles. The summed E-state index contributed by atoms with van der Waals surface area (Å²) in [5.74, 6) is 0.887. The van der Waals surface area contributed by atoms with Crippen LogP contribution in [0.25, 0.3) is 0 Å². The molecule has 6 nitrogen and oxygen atoms in total. The number of aryl methyl sites for hydroxylation is 2. The SMILES string of the molecule is Cc1ccc(C(=O)CCC(=O)N2CCC(NC(=O)CCCOc3ccccc3C)CC2)cc1. The summed E-state index contributed by atoms with van der Waals surface area (Å²) in [5, 5.41) is 3.08. The molecule has 0 radical (unpaired) electrons. The van der Waals surface area contributed by atoms with E-state index in [0.29, 0.717) is 38.1 Å². The minimum atomic E-state index is -0.00287. The average molecular weight is 451 g/mol. The molecular weight excluding hydrogens is 416 g/mol. The maximum Gasteiger partial charge on any atom is 0.223 e. The van der Waals surface area contributed by atoms with Crippen molar-refractivity contribution in [2.75, 3.05) is 19.7 Å². The van der Waals surface area contributed by atoms with Crippen LogP contribution < -0.4 is 10.1 Å². The minimum Gasteiger partial charge on any atom is -0.493 e. The summed E-state index contributed by atoms with van der Waals surface area (Å²) < 4.78 is 5.74. The van der Waals surface area contributed by atoms with E-state index in [-0.39, 0.29) is 36.5 Å². The van der Waals surface area contributed by atoms with Gasteiger partial charge in [0, 0.05) is 44.0 Å². The van der Waals surface area contributed by atoms with E-state index in [1.165, 1.54) is 0 Å². The Hall–Kier alpha value is -3.15. The molecular formula is C27H34N2O4. The zero-order valence-electron chi connectivity index (χ0n) is 19.6. The van der Waals surface area contributed by atoms with Gasteiger partial charge >= 0.3 is 0 Å². The standard InChI is InChI=1S/C27H34N2O4/c1-20-9-11-22(12-10-20)24(30)13-14-27(32)29-17-15-23(16-18-29)28-26(31)8-5-19-33-25-7-4-3-6-21(25)2/h3-4,6-7,9-12,23H,5,8,13-19H2,1-2H3,(H,28,31). The first-order valence-corrected chi connectivity index (χ1v) is 11.8. The number of carbonyl (C=O) groups is 3. The topological polar surface area (TPSA) is 75.7 Å². The van der Waals surface area contributed by atoms with Crippen molar-refractivity contribution in [3.63, 3.8) is 0 Å². The van der Waals surface area contributed by atoms with Crippen LogP contribution in [0.2, 0.25) is 0 Å². The van der Waals surface area contributed by atoms with Crippen molar-refractivity contribution in [3.8, 4) is 5.75 Å². The van der Waals surface area contributed by atoms with E-state index >= 15 is 0 Å². The van der Waals surface area contributed by atoms with Crippen molar-refractivity contribution in [2.45, 2.75) is 58.4 Å². The molecule has 0 bridgehead atoms. The summed E-state index contributed by atoms with van der Waals surface area (Å²) in [7, 11) is 0. The van der Waals surface area contributed by atoms with Crippen LogP contribution in [-0.4, -0.2) is 48.2 Å². The minimum absolute atomic E-state index is 0.00287. The summed E-state index contributed by atoms with van der Waals surface area (Å²) >= 11 is 0. The molecule has 6 heteroatoms. The number of piperidine rings is 1. The third-order valence-electron chi connectivity index (χ3n) is 6.05. The van der Waals surface area contributed by atoms with Crippen LogP contribution in [0.3, 0.4) is 0 Å². The average Bonchev–Trinajstić information content (AvgIpc) is 2.82. The van der Waals surface area contributed by atoms with E-state index in [1.807, 2.05) is 62.4 Å². The number of ketones is 1. The van der Waals surface area contributed by atoms with Crippen molar-refractivity contribution in [2.24, 2.45) is 0 Å². The lowest BCUT2D eigenvalue weighted by atomic mass is 10.0. The second-order valence-corrected chi connectivity index (χ2v) is 8.73. The fourth-order valence-corrected chi connectivity index (χ4v) is 3.97. The van der Waals surface area contributed by atoms with Gasteiger partial charge in [-0.15, -0.1) is 0 Å². The molecule has 0 unspecified atom stereocenters. The second-order valence-electron chi connectivity index (χ2n) is 8.73. The van der Waals surface area contributed by atoms with Crippen LogP contribution in [-0.2, 0) is 9.59 Å². The van der Waals surface area contributed by atoms with E-state index in [2.05, 4.69) is 5.32 Å². The molecule has 33 heavy (non-hydrogen) atoms. The van der Waals surface area contributed by atoms with E-state index in [9.17, 15) is 14.4 Å². The van der Waals surface area contributed by atoms with Crippen LogP contribution in [0, 0.1) is 13.8 Å². The smallest absolute Gasteiger partial charge is 0.223 e. The molecule has 2 aromatic rings.